The molecule has 1 heterocycles. The van der Waals surface area contributed by atoms with E-state index in [-0.39, 0.29) is 0 Å². The molecule has 4 nitrogen and oxygen atoms in total. The Hall–Kier alpha value is -1.68. The molecule has 4 heteroatoms. The highest BCUT2D eigenvalue weighted by Crippen LogP contribution is 2.20. The molecule has 0 amide bonds. The van der Waals surface area contributed by atoms with Crippen LogP contribution < -0.4 is 5.32 Å². The third-order valence-corrected chi connectivity index (χ3v) is 2.18. The number of aryl methyl sites for hydroxylation is 1. The summed E-state index contributed by atoms with van der Waals surface area (Å²) in [5.41, 5.74) is 2.13. The molecule has 0 bridgehead atoms. The summed E-state index contributed by atoms with van der Waals surface area (Å²) in [5, 5.41) is 6.85. The molecular formula is C11H13N3O. The fourth-order valence-electron chi connectivity index (χ4n) is 1.41. The van der Waals surface area contributed by atoms with Crippen LogP contribution in [0.3, 0.4) is 0 Å². The van der Waals surface area contributed by atoms with Gasteiger partial charge in [-0.3, -0.25) is 0 Å². The van der Waals surface area contributed by atoms with Crippen LogP contribution in [0.2, 0.25) is 0 Å². The predicted octanol–water partition coefficient (Wildman–Crippen LogP) is 1.76. The molecule has 0 aliphatic rings. The van der Waals surface area contributed by atoms with Crippen molar-refractivity contribution >= 4 is 0 Å². The van der Waals surface area contributed by atoms with Gasteiger partial charge in [0.1, 0.15) is 0 Å². The molecule has 2 aromatic rings. The Morgan fingerprint density at radius 3 is 2.87 bits per heavy atom. The highest BCUT2D eigenvalue weighted by atomic mass is 16.5. The van der Waals surface area contributed by atoms with E-state index in [0.717, 1.165) is 11.1 Å². The van der Waals surface area contributed by atoms with Gasteiger partial charge in [-0.1, -0.05) is 23.4 Å². The highest BCUT2D eigenvalue weighted by molar-refractivity contribution is 5.57. The van der Waals surface area contributed by atoms with Gasteiger partial charge in [0.25, 0.3) is 5.89 Å². The third kappa shape index (κ3) is 2.05. The molecule has 0 saturated carbocycles. The lowest BCUT2D eigenvalue weighted by atomic mass is 10.1. The summed E-state index contributed by atoms with van der Waals surface area (Å²) in [6, 6.07) is 7.96. The molecule has 1 aromatic carbocycles. The van der Waals surface area contributed by atoms with Gasteiger partial charge in [0.05, 0.1) is 6.54 Å². The van der Waals surface area contributed by atoms with Gasteiger partial charge >= 0.3 is 0 Å². The number of aromatic nitrogens is 2. The lowest BCUT2D eigenvalue weighted by molar-refractivity contribution is 0.420. The van der Waals surface area contributed by atoms with Gasteiger partial charge in [-0.05, 0) is 25.6 Å². The van der Waals surface area contributed by atoms with Crippen LogP contribution in [0.15, 0.2) is 28.8 Å². The third-order valence-electron chi connectivity index (χ3n) is 2.18. The van der Waals surface area contributed by atoms with Crippen molar-refractivity contribution in [3.63, 3.8) is 0 Å². The van der Waals surface area contributed by atoms with E-state index < -0.39 is 0 Å². The minimum Gasteiger partial charge on any atom is -0.334 e. The molecule has 0 unspecified atom stereocenters. The molecule has 0 radical (unpaired) electrons. The minimum absolute atomic E-state index is 0.582. The SMILES string of the molecule is CNCc1noc(-c2ccccc2C)n1. The molecule has 78 valence electrons. The zero-order valence-electron chi connectivity index (χ0n) is 8.82. The molecule has 1 aromatic heterocycles. The first-order valence-corrected chi connectivity index (χ1v) is 4.84. The first-order chi connectivity index (χ1) is 7.31. The quantitative estimate of drug-likeness (QED) is 0.825. The van der Waals surface area contributed by atoms with E-state index in [1.165, 1.54) is 0 Å². The van der Waals surface area contributed by atoms with Crippen molar-refractivity contribution in [1.82, 2.24) is 15.5 Å². The number of hydrogen-bond acceptors (Lipinski definition) is 4. The van der Waals surface area contributed by atoms with Crippen LogP contribution in [0.25, 0.3) is 11.5 Å². The highest BCUT2D eigenvalue weighted by Gasteiger charge is 2.09. The predicted molar refractivity (Wildman–Crippen MR) is 57.2 cm³/mol. The van der Waals surface area contributed by atoms with Crippen LogP contribution in [0.5, 0.6) is 0 Å². The number of nitrogens with zero attached hydrogens (tertiary/aromatic N) is 2. The van der Waals surface area contributed by atoms with Gasteiger partial charge in [-0.15, -0.1) is 0 Å². The topological polar surface area (TPSA) is 51.0 Å². The Morgan fingerprint density at radius 1 is 1.33 bits per heavy atom. The second-order valence-electron chi connectivity index (χ2n) is 3.36. The fourth-order valence-corrected chi connectivity index (χ4v) is 1.41. The van der Waals surface area contributed by atoms with Gasteiger partial charge in [-0.25, -0.2) is 0 Å². The van der Waals surface area contributed by atoms with Crippen LogP contribution in [0.1, 0.15) is 11.4 Å². The largest absolute Gasteiger partial charge is 0.334 e. The Bertz CT molecular complexity index is 451. The van der Waals surface area contributed by atoms with E-state index in [9.17, 15) is 0 Å². The molecule has 2 rings (SSSR count). The Kier molecular flexibility index (Phi) is 2.78. The fraction of sp³-hybridized carbons (Fsp3) is 0.273. The molecule has 1 N–H and O–H groups in total. The van der Waals surface area contributed by atoms with Gasteiger partial charge < -0.3 is 9.84 Å². The summed E-state index contributed by atoms with van der Waals surface area (Å²) < 4.78 is 5.18. The lowest BCUT2D eigenvalue weighted by Crippen LogP contribution is -2.06. The van der Waals surface area contributed by atoms with E-state index in [4.69, 9.17) is 4.52 Å². The number of benzene rings is 1. The summed E-state index contributed by atoms with van der Waals surface area (Å²) in [6.45, 7) is 2.65. The molecule has 0 spiro atoms. The normalized spacial score (nSPS) is 10.5. The molecular weight excluding hydrogens is 190 g/mol. The van der Waals surface area contributed by atoms with Crippen LogP contribution in [0, 0.1) is 6.92 Å². The molecule has 15 heavy (non-hydrogen) atoms. The minimum atomic E-state index is 0.582. The van der Waals surface area contributed by atoms with E-state index in [0.29, 0.717) is 18.3 Å². The molecule has 0 aliphatic carbocycles. The van der Waals surface area contributed by atoms with Crippen molar-refractivity contribution in [2.75, 3.05) is 7.05 Å². The van der Waals surface area contributed by atoms with E-state index in [2.05, 4.69) is 15.5 Å². The summed E-state index contributed by atoms with van der Waals surface area (Å²) in [4.78, 5) is 4.29. The zero-order valence-corrected chi connectivity index (χ0v) is 8.82. The van der Waals surface area contributed by atoms with Crippen molar-refractivity contribution in [2.45, 2.75) is 13.5 Å². The molecule has 0 saturated heterocycles. The lowest BCUT2D eigenvalue weighted by Gasteiger charge is -1.97. The van der Waals surface area contributed by atoms with Crippen molar-refractivity contribution in [3.05, 3.63) is 35.7 Å². The Labute approximate surface area is 88.3 Å². The molecule has 0 atom stereocenters. The van der Waals surface area contributed by atoms with Gasteiger partial charge in [0, 0.05) is 5.56 Å². The summed E-state index contributed by atoms with van der Waals surface area (Å²) in [5.74, 6) is 1.26. The average Bonchev–Trinajstić information content (AvgIpc) is 2.68. The maximum atomic E-state index is 5.18. The zero-order chi connectivity index (χ0) is 10.7. The molecule has 0 aliphatic heterocycles. The van der Waals surface area contributed by atoms with E-state index in [1.807, 2.05) is 38.2 Å². The Morgan fingerprint density at radius 2 is 2.13 bits per heavy atom. The first kappa shape index (κ1) is 9.86. The second-order valence-corrected chi connectivity index (χ2v) is 3.36. The van der Waals surface area contributed by atoms with Crippen LogP contribution in [0.4, 0.5) is 0 Å². The van der Waals surface area contributed by atoms with Gasteiger partial charge in [0.2, 0.25) is 0 Å². The summed E-state index contributed by atoms with van der Waals surface area (Å²) in [7, 11) is 1.85. The number of nitrogens with one attached hydrogen (secondary N) is 1. The first-order valence-electron chi connectivity index (χ1n) is 4.84. The monoisotopic (exact) mass is 203 g/mol. The maximum Gasteiger partial charge on any atom is 0.258 e. The summed E-state index contributed by atoms with van der Waals surface area (Å²) in [6.07, 6.45) is 0. The van der Waals surface area contributed by atoms with Crippen LogP contribution >= 0.6 is 0 Å². The van der Waals surface area contributed by atoms with Crippen molar-refractivity contribution < 1.29 is 4.52 Å². The average molecular weight is 203 g/mol. The van der Waals surface area contributed by atoms with Crippen LogP contribution in [-0.4, -0.2) is 17.2 Å². The van der Waals surface area contributed by atoms with Gasteiger partial charge in [0.15, 0.2) is 5.82 Å². The maximum absolute atomic E-state index is 5.18. The van der Waals surface area contributed by atoms with Crippen molar-refractivity contribution in [1.29, 1.82) is 0 Å². The molecule has 0 fully saturated rings. The number of hydrogen-bond donors (Lipinski definition) is 1. The standard InChI is InChI=1S/C11H13N3O/c1-8-5-3-4-6-9(8)11-13-10(7-12-2)14-15-11/h3-6,12H,7H2,1-2H3. The second kappa shape index (κ2) is 4.23. The smallest absolute Gasteiger partial charge is 0.258 e. The summed E-state index contributed by atoms with van der Waals surface area (Å²) >= 11 is 0. The Balaban J connectivity index is 2.33. The number of rotatable bonds is 3. The van der Waals surface area contributed by atoms with Crippen molar-refractivity contribution in [3.8, 4) is 11.5 Å². The van der Waals surface area contributed by atoms with Gasteiger partial charge in [-0.2, -0.15) is 4.98 Å². The van der Waals surface area contributed by atoms with E-state index in [1.54, 1.807) is 0 Å². The van der Waals surface area contributed by atoms with Crippen LogP contribution in [-0.2, 0) is 6.54 Å². The van der Waals surface area contributed by atoms with E-state index >= 15 is 0 Å². The van der Waals surface area contributed by atoms with Crippen molar-refractivity contribution in [2.24, 2.45) is 0 Å².